The van der Waals surface area contributed by atoms with Gasteiger partial charge in [-0.05, 0) is 50.1 Å². The second-order valence-corrected chi connectivity index (χ2v) is 5.09. The highest BCUT2D eigenvalue weighted by Gasteiger charge is 2.03. The summed E-state index contributed by atoms with van der Waals surface area (Å²) in [6.45, 7) is 0. The largest absolute Gasteiger partial charge is 0.339 e. The van der Waals surface area contributed by atoms with Gasteiger partial charge in [0.1, 0.15) is 12.1 Å². The van der Waals surface area contributed by atoms with Gasteiger partial charge in [0.05, 0.1) is 9.50 Å². The molecule has 0 aliphatic rings. The fourth-order valence-electron chi connectivity index (χ4n) is 1.12. The molecular weight excluding hydrogens is 357 g/mol. The average Bonchev–Trinajstić information content (AvgIpc) is 2.27. The summed E-state index contributed by atoms with van der Waals surface area (Å²) in [6, 6.07) is 5.60. The maximum atomic E-state index is 5.99. The zero-order valence-corrected chi connectivity index (χ0v) is 11.8. The molecule has 0 unspecified atom stereocenters. The minimum Gasteiger partial charge on any atom is -0.339 e. The zero-order chi connectivity index (χ0) is 11.5. The Bertz CT molecular complexity index is 519. The van der Waals surface area contributed by atoms with Crippen molar-refractivity contribution < 1.29 is 0 Å². The van der Waals surface area contributed by atoms with E-state index in [1.807, 2.05) is 18.2 Å². The third kappa shape index (κ3) is 2.72. The predicted molar refractivity (Wildman–Crippen MR) is 72.2 cm³/mol. The SMILES string of the molecule is Clc1cc(Nc2ncncc2Br)ccc1Br. The van der Waals surface area contributed by atoms with Crippen LogP contribution in [0.5, 0.6) is 0 Å². The monoisotopic (exact) mass is 361 g/mol. The lowest BCUT2D eigenvalue weighted by Gasteiger charge is -2.07. The summed E-state index contributed by atoms with van der Waals surface area (Å²) in [4.78, 5) is 7.99. The number of hydrogen-bond donors (Lipinski definition) is 1. The molecule has 6 heteroatoms. The third-order valence-corrected chi connectivity index (χ3v) is 3.66. The highest BCUT2D eigenvalue weighted by Crippen LogP contribution is 2.28. The molecule has 0 spiro atoms. The van der Waals surface area contributed by atoms with E-state index in [1.165, 1.54) is 6.33 Å². The molecule has 0 saturated heterocycles. The molecule has 1 N–H and O–H groups in total. The van der Waals surface area contributed by atoms with Gasteiger partial charge in [-0.3, -0.25) is 0 Å². The highest BCUT2D eigenvalue weighted by molar-refractivity contribution is 9.11. The first-order valence-electron chi connectivity index (χ1n) is 4.34. The molecule has 3 nitrogen and oxygen atoms in total. The molecule has 2 aromatic rings. The van der Waals surface area contributed by atoms with Gasteiger partial charge in [-0.25, -0.2) is 9.97 Å². The van der Waals surface area contributed by atoms with Crippen LogP contribution in [0.4, 0.5) is 11.5 Å². The Morgan fingerprint density at radius 1 is 1.19 bits per heavy atom. The maximum Gasteiger partial charge on any atom is 0.148 e. The molecule has 1 aromatic heterocycles. The Balaban J connectivity index is 2.28. The normalized spacial score (nSPS) is 10.2. The van der Waals surface area contributed by atoms with E-state index < -0.39 is 0 Å². The van der Waals surface area contributed by atoms with Crippen LogP contribution in [0.2, 0.25) is 5.02 Å². The number of nitrogens with one attached hydrogen (secondary N) is 1. The molecule has 1 aromatic carbocycles. The van der Waals surface area contributed by atoms with Crippen molar-refractivity contribution in [3.63, 3.8) is 0 Å². The van der Waals surface area contributed by atoms with E-state index in [0.29, 0.717) is 10.8 Å². The van der Waals surface area contributed by atoms with Crippen LogP contribution in [0.1, 0.15) is 0 Å². The predicted octanol–water partition coefficient (Wildman–Crippen LogP) is 4.40. The molecule has 2 rings (SSSR count). The molecule has 0 bridgehead atoms. The molecule has 0 radical (unpaired) electrons. The molecule has 0 saturated carbocycles. The molecular formula is C10H6Br2ClN3. The van der Waals surface area contributed by atoms with Crippen molar-refractivity contribution >= 4 is 55.0 Å². The van der Waals surface area contributed by atoms with Crippen molar-refractivity contribution in [2.75, 3.05) is 5.32 Å². The third-order valence-electron chi connectivity index (χ3n) is 1.85. The summed E-state index contributed by atoms with van der Waals surface area (Å²) >= 11 is 12.7. The van der Waals surface area contributed by atoms with Crippen molar-refractivity contribution in [3.05, 3.63) is 44.7 Å². The van der Waals surface area contributed by atoms with Crippen molar-refractivity contribution in [3.8, 4) is 0 Å². The van der Waals surface area contributed by atoms with E-state index in [0.717, 1.165) is 14.6 Å². The van der Waals surface area contributed by atoms with Crippen LogP contribution >= 0.6 is 43.5 Å². The number of aromatic nitrogens is 2. The Labute approximate surface area is 115 Å². The lowest BCUT2D eigenvalue weighted by Crippen LogP contribution is -1.95. The van der Waals surface area contributed by atoms with Crippen LogP contribution in [0.3, 0.4) is 0 Å². The summed E-state index contributed by atoms with van der Waals surface area (Å²) in [7, 11) is 0. The molecule has 0 aliphatic heterocycles. The maximum absolute atomic E-state index is 5.99. The number of halogens is 3. The second-order valence-electron chi connectivity index (χ2n) is 2.97. The van der Waals surface area contributed by atoms with Crippen LogP contribution in [0.15, 0.2) is 39.7 Å². The van der Waals surface area contributed by atoms with Gasteiger partial charge in [0, 0.05) is 16.4 Å². The second kappa shape index (κ2) is 5.12. The van der Waals surface area contributed by atoms with Crippen molar-refractivity contribution in [1.29, 1.82) is 0 Å². The topological polar surface area (TPSA) is 37.8 Å². The van der Waals surface area contributed by atoms with Crippen LogP contribution in [-0.4, -0.2) is 9.97 Å². The molecule has 0 fully saturated rings. The summed E-state index contributed by atoms with van der Waals surface area (Å²) in [5.74, 6) is 0.702. The summed E-state index contributed by atoms with van der Waals surface area (Å²) in [5.41, 5.74) is 0.868. The van der Waals surface area contributed by atoms with E-state index in [9.17, 15) is 0 Å². The average molecular weight is 363 g/mol. The lowest BCUT2D eigenvalue weighted by atomic mass is 10.3. The standard InChI is InChI=1S/C10H6Br2ClN3/c11-7-2-1-6(3-9(7)13)16-10-8(12)4-14-5-15-10/h1-5H,(H,14,15,16). The summed E-state index contributed by atoms with van der Waals surface area (Å²) in [6.07, 6.45) is 3.16. The van der Waals surface area contributed by atoms with Gasteiger partial charge >= 0.3 is 0 Å². The first-order chi connectivity index (χ1) is 7.66. The van der Waals surface area contributed by atoms with Gasteiger partial charge in [0.2, 0.25) is 0 Å². The molecule has 1 heterocycles. The molecule has 82 valence electrons. The molecule has 0 atom stereocenters. The minimum atomic E-state index is 0.648. The number of nitrogens with zero attached hydrogens (tertiary/aromatic N) is 2. The number of hydrogen-bond acceptors (Lipinski definition) is 3. The first kappa shape index (κ1) is 11.8. The smallest absolute Gasteiger partial charge is 0.148 e. The summed E-state index contributed by atoms with van der Waals surface area (Å²) in [5, 5.41) is 3.79. The first-order valence-corrected chi connectivity index (χ1v) is 6.31. The van der Waals surface area contributed by atoms with E-state index >= 15 is 0 Å². The number of anilines is 2. The van der Waals surface area contributed by atoms with E-state index in [4.69, 9.17) is 11.6 Å². The summed E-state index contributed by atoms with van der Waals surface area (Å²) < 4.78 is 1.66. The Morgan fingerprint density at radius 2 is 2.00 bits per heavy atom. The molecule has 16 heavy (non-hydrogen) atoms. The van der Waals surface area contributed by atoms with Crippen LogP contribution in [-0.2, 0) is 0 Å². The van der Waals surface area contributed by atoms with Gasteiger partial charge in [-0.2, -0.15) is 0 Å². The van der Waals surface area contributed by atoms with Crippen molar-refractivity contribution in [1.82, 2.24) is 9.97 Å². The van der Waals surface area contributed by atoms with E-state index in [-0.39, 0.29) is 0 Å². The minimum absolute atomic E-state index is 0.648. The van der Waals surface area contributed by atoms with Crippen LogP contribution < -0.4 is 5.32 Å². The van der Waals surface area contributed by atoms with Gasteiger partial charge < -0.3 is 5.32 Å². The Morgan fingerprint density at radius 3 is 2.69 bits per heavy atom. The van der Waals surface area contributed by atoms with E-state index in [1.54, 1.807) is 6.20 Å². The van der Waals surface area contributed by atoms with Gasteiger partial charge in [-0.1, -0.05) is 11.6 Å². The van der Waals surface area contributed by atoms with E-state index in [2.05, 4.69) is 47.1 Å². The number of rotatable bonds is 2. The van der Waals surface area contributed by atoms with Crippen LogP contribution in [0, 0.1) is 0 Å². The van der Waals surface area contributed by atoms with Crippen LogP contribution in [0.25, 0.3) is 0 Å². The zero-order valence-electron chi connectivity index (χ0n) is 7.92. The van der Waals surface area contributed by atoms with Gasteiger partial charge in [-0.15, -0.1) is 0 Å². The molecule has 0 aliphatic carbocycles. The fourth-order valence-corrected chi connectivity index (χ4v) is 1.86. The molecule has 0 amide bonds. The Kier molecular flexibility index (Phi) is 3.78. The highest BCUT2D eigenvalue weighted by atomic mass is 79.9. The quantitative estimate of drug-likeness (QED) is 0.859. The Hall–Kier alpha value is -0.650. The van der Waals surface area contributed by atoms with Crippen molar-refractivity contribution in [2.24, 2.45) is 0 Å². The number of benzene rings is 1. The lowest BCUT2D eigenvalue weighted by molar-refractivity contribution is 1.15. The van der Waals surface area contributed by atoms with Gasteiger partial charge in [0.15, 0.2) is 0 Å². The fraction of sp³-hybridized carbons (Fsp3) is 0. The van der Waals surface area contributed by atoms with Gasteiger partial charge in [0.25, 0.3) is 0 Å². The van der Waals surface area contributed by atoms with Crippen molar-refractivity contribution in [2.45, 2.75) is 0 Å².